The minimum atomic E-state index is -0.371. The van der Waals surface area contributed by atoms with E-state index >= 15 is 0 Å². The fourth-order valence-corrected chi connectivity index (χ4v) is 3.91. The largest absolute Gasteiger partial charge is 0.455 e. The number of halogens is 3. The van der Waals surface area contributed by atoms with E-state index in [1.807, 2.05) is 42.5 Å². The average molecular weight is 479 g/mol. The number of primary amides is 1. The molecule has 3 aromatic rings. The molecule has 0 unspecified atom stereocenters. The standard InChI is InChI=1S/C22H18BrCl2NO2/c1-2-13-7-8-15(17-6-4-3-5-14(17)10-21(26)27)9-19(13)28-20-12-16(24)11-18(23)22(20)25/h3-9,11-12H,2,10H2,1H3,(H2,26,27). The van der Waals surface area contributed by atoms with Crippen LogP contribution in [-0.2, 0) is 17.6 Å². The molecule has 0 saturated carbocycles. The molecule has 0 aliphatic carbocycles. The highest BCUT2D eigenvalue weighted by Crippen LogP contribution is 2.40. The first-order valence-electron chi connectivity index (χ1n) is 8.71. The number of amides is 1. The Morgan fingerprint density at radius 3 is 2.50 bits per heavy atom. The van der Waals surface area contributed by atoms with Crippen molar-refractivity contribution in [1.29, 1.82) is 0 Å². The van der Waals surface area contributed by atoms with Gasteiger partial charge >= 0.3 is 0 Å². The lowest BCUT2D eigenvalue weighted by molar-refractivity contribution is -0.117. The van der Waals surface area contributed by atoms with E-state index in [2.05, 4.69) is 22.9 Å². The number of benzene rings is 3. The average Bonchev–Trinajstić information content (AvgIpc) is 2.65. The maximum atomic E-state index is 11.4. The van der Waals surface area contributed by atoms with Gasteiger partial charge in [0.05, 0.1) is 11.4 Å². The minimum absolute atomic E-state index is 0.176. The van der Waals surface area contributed by atoms with Gasteiger partial charge < -0.3 is 10.5 Å². The molecule has 0 radical (unpaired) electrons. The van der Waals surface area contributed by atoms with Gasteiger partial charge in [0, 0.05) is 15.6 Å². The van der Waals surface area contributed by atoms with Crippen molar-refractivity contribution in [3.8, 4) is 22.6 Å². The molecular weight excluding hydrogens is 461 g/mol. The number of hydrogen-bond acceptors (Lipinski definition) is 2. The fourth-order valence-electron chi connectivity index (χ4n) is 2.98. The van der Waals surface area contributed by atoms with Crippen molar-refractivity contribution in [3.05, 3.63) is 80.2 Å². The minimum Gasteiger partial charge on any atom is -0.455 e. The molecule has 28 heavy (non-hydrogen) atoms. The summed E-state index contributed by atoms with van der Waals surface area (Å²) in [6.45, 7) is 2.05. The number of rotatable bonds is 6. The van der Waals surface area contributed by atoms with E-state index < -0.39 is 0 Å². The zero-order chi connectivity index (χ0) is 20.3. The normalized spacial score (nSPS) is 10.7. The molecule has 0 aromatic heterocycles. The summed E-state index contributed by atoms with van der Waals surface area (Å²) < 4.78 is 6.80. The lowest BCUT2D eigenvalue weighted by Crippen LogP contribution is -2.14. The van der Waals surface area contributed by atoms with Gasteiger partial charge in [-0.05, 0) is 56.7 Å². The first-order chi connectivity index (χ1) is 13.4. The van der Waals surface area contributed by atoms with Gasteiger partial charge in [0.1, 0.15) is 11.5 Å². The van der Waals surface area contributed by atoms with Crippen LogP contribution in [-0.4, -0.2) is 5.91 Å². The Kier molecular flexibility index (Phi) is 6.65. The SMILES string of the molecule is CCc1ccc(-c2ccccc2CC(N)=O)cc1Oc1cc(Cl)cc(Br)c1Cl. The van der Waals surface area contributed by atoms with Crippen molar-refractivity contribution in [3.63, 3.8) is 0 Å². The highest BCUT2D eigenvalue weighted by atomic mass is 79.9. The smallest absolute Gasteiger partial charge is 0.221 e. The van der Waals surface area contributed by atoms with E-state index in [9.17, 15) is 4.79 Å². The van der Waals surface area contributed by atoms with E-state index in [4.69, 9.17) is 33.7 Å². The van der Waals surface area contributed by atoms with Gasteiger partial charge in [-0.2, -0.15) is 0 Å². The Balaban J connectivity index is 2.06. The molecule has 3 rings (SSSR count). The number of aryl methyl sites for hydroxylation is 1. The topological polar surface area (TPSA) is 52.3 Å². The van der Waals surface area contributed by atoms with Crippen LogP contribution >= 0.6 is 39.1 Å². The third kappa shape index (κ3) is 4.69. The van der Waals surface area contributed by atoms with Crippen LogP contribution in [0.4, 0.5) is 0 Å². The third-order valence-electron chi connectivity index (χ3n) is 4.32. The van der Waals surface area contributed by atoms with Crippen LogP contribution in [0.3, 0.4) is 0 Å². The Bertz CT molecular complexity index is 1040. The second-order valence-electron chi connectivity index (χ2n) is 6.28. The van der Waals surface area contributed by atoms with Gasteiger partial charge in [0.15, 0.2) is 0 Å². The molecule has 0 aliphatic heterocycles. The van der Waals surface area contributed by atoms with Crippen molar-refractivity contribution in [2.24, 2.45) is 5.73 Å². The summed E-state index contributed by atoms with van der Waals surface area (Å²) in [6.07, 6.45) is 0.965. The maximum Gasteiger partial charge on any atom is 0.221 e. The highest BCUT2D eigenvalue weighted by Gasteiger charge is 2.14. The second kappa shape index (κ2) is 8.99. The number of carbonyl (C=O) groups is 1. The van der Waals surface area contributed by atoms with E-state index in [1.54, 1.807) is 12.1 Å². The van der Waals surface area contributed by atoms with Crippen molar-refractivity contribution in [2.75, 3.05) is 0 Å². The van der Waals surface area contributed by atoms with Crippen LogP contribution in [0, 0.1) is 0 Å². The summed E-state index contributed by atoms with van der Waals surface area (Å²) in [5, 5.41) is 0.971. The van der Waals surface area contributed by atoms with Gasteiger partial charge in [-0.25, -0.2) is 0 Å². The summed E-state index contributed by atoms with van der Waals surface area (Å²) in [4.78, 5) is 11.4. The summed E-state index contributed by atoms with van der Waals surface area (Å²) in [6, 6.07) is 17.1. The van der Waals surface area contributed by atoms with E-state index in [1.165, 1.54) is 0 Å². The van der Waals surface area contributed by atoms with Crippen LogP contribution in [0.1, 0.15) is 18.1 Å². The molecule has 0 fully saturated rings. The lowest BCUT2D eigenvalue weighted by atomic mass is 9.96. The first-order valence-corrected chi connectivity index (χ1v) is 10.3. The fraction of sp³-hybridized carbons (Fsp3) is 0.136. The van der Waals surface area contributed by atoms with Crippen LogP contribution in [0.5, 0.6) is 11.5 Å². The zero-order valence-corrected chi connectivity index (χ0v) is 18.2. The summed E-state index contributed by atoms with van der Waals surface area (Å²) in [5.41, 5.74) is 9.17. The molecular formula is C22H18BrCl2NO2. The van der Waals surface area contributed by atoms with Crippen LogP contribution < -0.4 is 10.5 Å². The number of hydrogen-bond donors (Lipinski definition) is 1. The lowest BCUT2D eigenvalue weighted by Gasteiger charge is -2.15. The predicted molar refractivity (Wildman–Crippen MR) is 118 cm³/mol. The zero-order valence-electron chi connectivity index (χ0n) is 15.1. The molecule has 0 heterocycles. The van der Waals surface area contributed by atoms with Gasteiger partial charge in [0.25, 0.3) is 0 Å². The van der Waals surface area contributed by atoms with E-state index in [0.29, 0.717) is 26.0 Å². The van der Waals surface area contributed by atoms with E-state index in [0.717, 1.165) is 28.7 Å². The predicted octanol–water partition coefficient (Wildman–Crippen LogP) is 6.81. The van der Waals surface area contributed by atoms with Gasteiger partial charge in [0.2, 0.25) is 5.91 Å². The van der Waals surface area contributed by atoms with Crippen molar-refractivity contribution >= 4 is 45.0 Å². The second-order valence-corrected chi connectivity index (χ2v) is 7.95. The summed E-state index contributed by atoms with van der Waals surface area (Å²) >= 11 is 15.9. The molecule has 3 nitrogen and oxygen atoms in total. The molecule has 6 heteroatoms. The monoisotopic (exact) mass is 477 g/mol. The molecule has 0 atom stereocenters. The molecule has 0 saturated heterocycles. The third-order valence-corrected chi connectivity index (χ3v) is 5.78. The van der Waals surface area contributed by atoms with Crippen molar-refractivity contribution in [1.82, 2.24) is 0 Å². The van der Waals surface area contributed by atoms with Crippen molar-refractivity contribution < 1.29 is 9.53 Å². The maximum absolute atomic E-state index is 11.4. The molecule has 1 amide bonds. The van der Waals surface area contributed by atoms with Crippen LogP contribution in [0.25, 0.3) is 11.1 Å². The molecule has 144 valence electrons. The van der Waals surface area contributed by atoms with Gasteiger partial charge in [-0.3, -0.25) is 4.79 Å². The quantitative estimate of drug-likeness (QED) is 0.395. The van der Waals surface area contributed by atoms with Gasteiger partial charge in [-0.1, -0.05) is 66.5 Å². The summed E-state index contributed by atoms with van der Waals surface area (Å²) in [5.74, 6) is 0.785. The molecule has 0 bridgehead atoms. The first kappa shape index (κ1) is 20.7. The Morgan fingerprint density at radius 2 is 1.79 bits per heavy atom. The molecule has 0 spiro atoms. The van der Waals surface area contributed by atoms with Crippen LogP contribution in [0.2, 0.25) is 10.0 Å². The molecule has 0 aliphatic rings. The highest BCUT2D eigenvalue weighted by molar-refractivity contribution is 9.10. The molecule has 2 N–H and O–H groups in total. The summed E-state index contributed by atoms with van der Waals surface area (Å²) in [7, 11) is 0. The Morgan fingerprint density at radius 1 is 1.04 bits per heavy atom. The molecule has 3 aromatic carbocycles. The number of nitrogens with two attached hydrogens (primary N) is 1. The Labute approximate surface area is 182 Å². The van der Waals surface area contributed by atoms with E-state index in [-0.39, 0.29) is 12.3 Å². The van der Waals surface area contributed by atoms with Gasteiger partial charge in [-0.15, -0.1) is 0 Å². The Hall–Kier alpha value is -2.01. The number of carbonyl (C=O) groups excluding carboxylic acids is 1. The number of ether oxygens (including phenoxy) is 1. The van der Waals surface area contributed by atoms with Crippen LogP contribution in [0.15, 0.2) is 59.1 Å². The van der Waals surface area contributed by atoms with Crippen molar-refractivity contribution in [2.45, 2.75) is 19.8 Å².